The molecule has 1 aliphatic rings. The molecule has 1 saturated heterocycles. The van der Waals surface area contributed by atoms with Crippen molar-refractivity contribution in [3.63, 3.8) is 0 Å². The molecule has 1 N–H and O–H groups in total. The van der Waals surface area contributed by atoms with Gasteiger partial charge in [-0.3, -0.25) is 9.69 Å². The van der Waals surface area contributed by atoms with Crippen LogP contribution in [0.5, 0.6) is 0 Å². The van der Waals surface area contributed by atoms with Crippen LogP contribution in [0.15, 0.2) is 47.1 Å². The molecule has 2 heterocycles. The van der Waals surface area contributed by atoms with Crippen LogP contribution in [0.4, 0.5) is 0 Å². The Kier molecular flexibility index (Phi) is 5.57. The second kappa shape index (κ2) is 8.04. The molecule has 0 unspecified atom stereocenters. The maximum absolute atomic E-state index is 12.4. The molecule has 24 heavy (non-hydrogen) atoms. The molecule has 0 saturated carbocycles. The molecule has 1 aromatic carbocycles. The summed E-state index contributed by atoms with van der Waals surface area (Å²) in [5, 5.41) is 11.9. The Morgan fingerprint density at radius 2 is 2.17 bits per heavy atom. The molecule has 1 atom stereocenters. The van der Waals surface area contributed by atoms with Gasteiger partial charge in [-0.05, 0) is 30.3 Å². The van der Waals surface area contributed by atoms with E-state index >= 15 is 0 Å². The highest BCUT2D eigenvalue weighted by atomic mass is 32.2. The van der Waals surface area contributed by atoms with Crippen molar-refractivity contribution in [1.82, 2.24) is 10.2 Å². The van der Waals surface area contributed by atoms with Gasteiger partial charge in [0.1, 0.15) is 5.76 Å². The molecule has 124 valence electrons. The van der Waals surface area contributed by atoms with Crippen LogP contribution in [0.1, 0.15) is 27.7 Å². The number of hydrogen-bond donors (Lipinski definition) is 1. The molecule has 1 amide bonds. The van der Waals surface area contributed by atoms with Crippen molar-refractivity contribution in [3.05, 3.63) is 59.5 Å². The number of rotatable bonds is 5. The first-order valence-electron chi connectivity index (χ1n) is 7.91. The fourth-order valence-corrected chi connectivity index (χ4v) is 3.73. The Hall–Kier alpha value is -2.23. The average Bonchev–Trinajstić information content (AvgIpc) is 3.17. The topological polar surface area (TPSA) is 69.3 Å². The Balaban J connectivity index is 1.68. The molecule has 0 aliphatic carbocycles. The van der Waals surface area contributed by atoms with E-state index in [4.69, 9.17) is 9.68 Å². The minimum absolute atomic E-state index is 0.0315. The van der Waals surface area contributed by atoms with E-state index in [9.17, 15) is 4.79 Å². The molecule has 5 nitrogen and oxygen atoms in total. The van der Waals surface area contributed by atoms with Gasteiger partial charge in [-0.1, -0.05) is 6.07 Å². The van der Waals surface area contributed by atoms with E-state index in [0.29, 0.717) is 17.7 Å². The summed E-state index contributed by atoms with van der Waals surface area (Å²) < 4.78 is 5.58. The smallest absolute Gasteiger partial charge is 0.251 e. The first-order valence-corrected chi connectivity index (χ1v) is 9.07. The maximum atomic E-state index is 12.4. The van der Waals surface area contributed by atoms with Crippen molar-refractivity contribution in [2.24, 2.45) is 0 Å². The van der Waals surface area contributed by atoms with Crippen LogP contribution < -0.4 is 5.32 Å². The van der Waals surface area contributed by atoms with Crippen molar-refractivity contribution >= 4 is 17.7 Å². The standard InChI is InChI=1S/C18H19N3O2S/c19-12-14-3-1-4-15(11-14)18(22)20-13-16(17-5-2-8-23-17)21-6-9-24-10-7-21/h1-5,8,11,16H,6-7,9-10,13H2,(H,20,22)/t16-/m1/s1. The third-order valence-corrected chi connectivity index (χ3v) is 5.01. The third kappa shape index (κ3) is 3.99. The van der Waals surface area contributed by atoms with Gasteiger partial charge in [0.2, 0.25) is 0 Å². The lowest BCUT2D eigenvalue weighted by atomic mass is 10.1. The van der Waals surface area contributed by atoms with Gasteiger partial charge in [0, 0.05) is 36.7 Å². The SMILES string of the molecule is N#Cc1cccc(C(=O)NC[C@H](c2ccco2)N2CCSCC2)c1. The Morgan fingerprint density at radius 1 is 1.33 bits per heavy atom. The average molecular weight is 341 g/mol. The molecule has 1 aromatic heterocycles. The molecule has 3 rings (SSSR count). The predicted molar refractivity (Wildman–Crippen MR) is 93.8 cm³/mol. The summed E-state index contributed by atoms with van der Waals surface area (Å²) in [5.41, 5.74) is 0.986. The summed E-state index contributed by atoms with van der Waals surface area (Å²) in [4.78, 5) is 14.7. The second-order valence-corrected chi connectivity index (χ2v) is 6.81. The van der Waals surface area contributed by atoms with Crippen molar-refractivity contribution in [3.8, 4) is 6.07 Å². The summed E-state index contributed by atoms with van der Waals surface area (Å²) >= 11 is 1.95. The van der Waals surface area contributed by atoms with Crippen LogP contribution in [0.3, 0.4) is 0 Å². The fraction of sp³-hybridized carbons (Fsp3) is 0.333. The molecule has 0 bridgehead atoms. The van der Waals surface area contributed by atoms with Crippen LogP contribution >= 0.6 is 11.8 Å². The van der Waals surface area contributed by atoms with Gasteiger partial charge in [0.05, 0.1) is 23.9 Å². The van der Waals surface area contributed by atoms with Crippen LogP contribution in [0.25, 0.3) is 0 Å². The number of hydrogen-bond acceptors (Lipinski definition) is 5. The number of carbonyl (C=O) groups excluding carboxylic acids is 1. The molecule has 1 fully saturated rings. The Morgan fingerprint density at radius 3 is 2.88 bits per heavy atom. The summed E-state index contributed by atoms with van der Waals surface area (Å²) in [6.45, 7) is 2.44. The largest absolute Gasteiger partial charge is 0.468 e. The van der Waals surface area contributed by atoms with E-state index in [2.05, 4.69) is 16.3 Å². The van der Waals surface area contributed by atoms with Gasteiger partial charge in [0.15, 0.2) is 0 Å². The normalized spacial score (nSPS) is 16.3. The molecule has 2 aromatic rings. The Labute approximate surface area is 145 Å². The number of nitrogens with zero attached hydrogens (tertiary/aromatic N) is 2. The van der Waals surface area contributed by atoms with E-state index in [1.54, 1.807) is 30.5 Å². The first-order chi connectivity index (χ1) is 11.8. The Bertz CT molecular complexity index is 718. The summed E-state index contributed by atoms with van der Waals surface area (Å²) in [7, 11) is 0. The zero-order chi connectivity index (χ0) is 16.8. The molecule has 6 heteroatoms. The highest BCUT2D eigenvalue weighted by Crippen LogP contribution is 2.24. The summed E-state index contributed by atoms with van der Waals surface area (Å²) in [6, 6.07) is 12.6. The number of benzene rings is 1. The van der Waals surface area contributed by atoms with Crippen molar-refractivity contribution in [2.75, 3.05) is 31.1 Å². The van der Waals surface area contributed by atoms with Gasteiger partial charge in [-0.2, -0.15) is 17.0 Å². The number of nitriles is 1. The van der Waals surface area contributed by atoms with Gasteiger partial charge in [-0.25, -0.2) is 0 Å². The number of carbonyl (C=O) groups is 1. The van der Waals surface area contributed by atoms with Crippen molar-refractivity contribution in [2.45, 2.75) is 6.04 Å². The number of thioether (sulfide) groups is 1. The number of nitrogens with one attached hydrogen (secondary N) is 1. The van der Waals surface area contributed by atoms with E-state index in [-0.39, 0.29) is 11.9 Å². The van der Waals surface area contributed by atoms with Crippen LogP contribution in [-0.2, 0) is 0 Å². The highest BCUT2D eigenvalue weighted by Gasteiger charge is 2.25. The van der Waals surface area contributed by atoms with Crippen molar-refractivity contribution < 1.29 is 9.21 Å². The monoisotopic (exact) mass is 341 g/mol. The van der Waals surface area contributed by atoms with Crippen LogP contribution in [0, 0.1) is 11.3 Å². The van der Waals surface area contributed by atoms with Gasteiger partial charge < -0.3 is 9.73 Å². The van der Waals surface area contributed by atoms with Gasteiger partial charge >= 0.3 is 0 Å². The quantitative estimate of drug-likeness (QED) is 0.905. The molecule has 0 spiro atoms. The maximum Gasteiger partial charge on any atom is 0.251 e. The van der Waals surface area contributed by atoms with E-state index in [0.717, 1.165) is 30.4 Å². The van der Waals surface area contributed by atoms with E-state index in [1.165, 1.54) is 0 Å². The van der Waals surface area contributed by atoms with Gasteiger partial charge in [-0.15, -0.1) is 0 Å². The molecule has 0 radical (unpaired) electrons. The minimum Gasteiger partial charge on any atom is -0.468 e. The fourth-order valence-electron chi connectivity index (χ4n) is 2.80. The third-order valence-electron chi connectivity index (χ3n) is 4.07. The number of amides is 1. The molecular weight excluding hydrogens is 322 g/mol. The zero-order valence-corrected chi connectivity index (χ0v) is 14.1. The zero-order valence-electron chi connectivity index (χ0n) is 13.3. The first kappa shape index (κ1) is 16.6. The number of furan rings is 1. The van der Waals surface area contributed by atoms with Crippen LogP contribution in [-0.4, -0.2) is 41.9 Å². The van der Waals surface area contributed by atoms with Crippen LogP contribution in [0.2, 0.25) is 0 Å². The summed E-state index contributed by atoms with van der Waals surface area (Å²) in [6.07, 6.45) is 1.67. The summed E-state index contributed by atoms with van der Waals surface area (Å²) in [5.74, 6) is 2.88. The predicted octanol–water partition coefficient (Wildman–Crippen LogP) is 2.67. The lowest BCUT2D eigenvalue weighted by molar-refractivity contribution is 0.0929. The van der Waals surface area contributed by atoms with Gasteiger partial charge in [0.25, 0.3) is 5.91 Å². The second-order valence-electron chi connectivity index (χ2n) is 5.58. The lowest BCUT2D eigenvalue weighted by Gasteiger charge is -2.33. The van der Waals surface area contributed by atoms with E-state index in [1.807, 2.05) is 23.9 Å². The minimum atomic E-state index is -0.171. The molecular formula is C18H19N3O2S. The highest BCUT2D eigenvalue weighted by molar-refractivity contribution is 7.99. The van der Waals surface area contributed by atoms with E-state index < -0.39 is 0 Å². The van der Waals surface area contributed by atoms with Crippen molar-refractivity contribution in [1.29, 1.82) is 5.26 Å². The molecule has 1 aliphatic heterocycles. The lowest BCUT2D eigenvalue weighted by Crippen LogP contribution is -2.41.